The lowest BCUT2D eigenvalue weighted by Crippen LogP contribution is -2.27. The highest BCUT2D eigenvalue weighted by atomic mass is 32.2. The van der Waals surface area contributed by atoms with Crippen LogP contribution in [0.1, 0.15) is 48.8 Å². The molecule has 0 aliphatic carbocycles. The zero-order valence-corrected chi connectivity index (χ0v) is 19.7. The van der Waals surface area contributed by atoms with Gasteiger partial charge < -0.3 is 14.5 Å². The number of hydrogen-bond acceptors (Lipinski definition) is 6. The molecule has 0 radical (unpaired) electrons. The molecule has 1 amide bonds. The fourth-order valence-electron chi connectivity index (χ4n) is 3.08. The number of unbranched alkanes of at least 4 members (excludes halogenated alkanes) is 1. The van der Waals surface area contributed by atoms with Gasteiger partial charge in [-0.05, 0) is 43.2 Å². The maximum absolute atomic E-state index is 14.3. The topological polar surface area (TPSA) is 111 Å². The molecule has 2 aromatic carbocycles. The normalized spacial score (nSPS) is 12.3. The predicted molar refractivity (Wildman–Crippen MR) is 123 cm³/mol. The van der Waals surface area contributed by atoms with Gasteiger partial charge in [-0.15, -0.1) is 0 Å². The van der Waals surface area contributed by atoms with E-state index in [-0.39, 0.29) is 17.1 Å². The molecular weight excluding hydrogens is 468 g/mol. The van der Waals surface area contributed by atoms with Crippen LogP contribution < -0.4 is 14.8 Å². The molecule has 182 valence electrons. The van der Waals surface area contributed by atoms with Gasteiger partial charge in [-0.2, -0.15) is 0 Å². The first-order valence-corrected chi connectivity index (χ1v) is 12.4. The van der Waals surface area contributed by atoms with Gasteiger partial charge in [-0.1, -0.05) is 25.5 Å². The maximum Gasteiger partial charge on any atom is 0.273 e. The summed E-state index contributed by atoms with van der Waals surface area (Å²) in [5, 5.41) is 2.59. The van der Waals surface area contributed by atoms with E-state index in [9.17, 15) is 22.0 Å². The SMILES string of the molecule is CCCCOc1ccccc1-c1nc(C(=O)N[C@H](C)c2cc(F)c(NS(C)(=O)=O)c(F)c2)co1. The Balaban J connectivity index is 1.74. The summed E-state index contributed by atoms with van der Waals surface area (Å²) in [5.41, 5.74) is -0.128. The van der Waals surface area contributed by atoms with Crippen molar-refractivity contribution in [3.05, 3.63) is 65.6 Å². The first-order valence-electron chi connectivity index (χ1n) is 10.5. The van der Waals surface area contributed by atoms with Crippen LogP contribution in [0, 0.1) is 11.6 Å². The van der Waals surface area contributed by atoms with Gasteiger partial charge in [0.2, 0.25) is 15.9 Å². The summed E-state index contributed by atoms with van der Waals surface area (Å²) in [4.78, 5) is 16.9. The molecule has 2 N–H and O–H groups in total. The van der Waals surface area contributed by atoms with E-state index >= 15 is 0 Å². The highest BCUT2D eigenvalue weighted by Crippen LogP contribution is 2.30. The van der Waals surface area contributed by atoms with Crippen molar-refractivity contribution in [2.24, 2.45) is 0 Å². The smallest absolute Gasteiger partial charge is 0.273 e. The Labute approximate surface area is 196 Å². The van der Waals surface area contributed by atoms with Crippen molar-refractivity contribution in [2.45, 2.75) is 32.7 Å². The molecule has 0 spiro atoms. The van der Waals surface area contributed by atoms with E-state index in [0.29, 0.717) is 17.9 Å². The van der Waals surface area contributed by atoms with Gasteiger partial charge >= 0.3 is 0 Å². The molecule has 0 bridgehead atoms. The number of carbonyl (C=O) groups excluding carboxylic acids is 1. The molecule has 0 saturated carbocycles. The van der Waals surface area contributed by atoms with Crippen LogP contribution in [0.25, 0.3) is 11.5 Å². The summed E-state index contributed by atoms with van der Waals surface area (Å²) in [6.45, 7) is 4.11. The van der Waals surface area contributed by atoms with Crippen LogP contribution >= 0.6 is 0 Å². The Hall–Kier alpha value is -3.47. The Kier molecular flexibility index (Phi) is 7.87. The van der Waals surface area contributed by atoms with Gasteiger partial charge in [0.05, 0.1) is 24.5 Å². The van der Waals surface area contributed by atoms with Crippen molar-refractivity contribution in [3.8, 4) is 17.2 Å². The van der Waals surface area contributed by atoms with Crippen molar-refractivity contribution in [1.29, 1.82) is 0 Å². The third kappa shape index (κ3) is 6.31. The minimum absolute atomic E-state index is 0.0264. The number of nitrogens with one attached hydrogen (secondary N) is 2. The monoisotopic (exact) mass is 493 g/mol. The molecule has 1 atom stereocenters. The second kappa shape index (κ2) is 10.6. The number of benzene rings is 2. The number of rotatable bonds is 10. The van der Waals surface area contributed by atoms with Gasteiger partial charge in [0.25, 0.3) is 5.91 Å². The summed E-state index contributed by atoms with van der Waals surface area (Å²) in [6, 6.07) is 8.22. The number of halogens is 2. The molecule has 0 aliphatic heterocycles. The molecule has 3 rings (SSSR count). The predicted octanol–water partition coefficient (Wildman–Crippen LogP) is 4.66. The van der Waals surface area contributed by atoms with Crippen LogP contribution in [-0.4, -0.2) is 32.2 Å². The van der Waals surface area contributed by atoms with Gasteiger partial charge in [0.1, 0.15) is 17.7 Å². The maximum atomic E-state index is 14.3. The van der Waals surface area contributed by atoms with Crippen LogP contribution in [-0.2, 0) is 10.0 Å². The average molecular weight is 494 g/mol. The van der Waals surface area contributed by atoms with Crippen molar-refractivity contribution >= 4 is 21.6 Å². The Morgan fingerprint density at radius 1 is 1.21 bits per heavy atom. The van der Waals surface area contributed by atoms with Gasteiger partial charge in [0.15, 0.2) is 17.3 Å². The quantitative estimate of drug-likeness (QED) is 0.398. The van der Waals surface area contributed by atoms with Gasteiger partial charge in [0, 0.05) is 0 Å². The summed E-state index contributed by atoms with van der Waals surface area (Å²) < 4.78 is 64.2. The highest BCUT2D eigenvalue weighted by molar-refractivity contribution is 7.92. The number of para-hydroxylation sites is 1. The summed E-state index contributed by atoms with van der Waals surface area (Å²) in [7, 11) is -3.87. The third-order valence-corrected chi connectivity index (χ3v) is 5.38. The number of nitrogens with zero attached hydrogens (tertiary/aromatic N) is 1. The molecule has 0 unspecified atom stereocenters. The van der Waals surface area contributed by atoms with E-state index in [1.165, 1.54) is 13.2 Å². The number of amides is 1. The molecule has 11 heteroatoms. The Morgan fingerprint density at radius 3 is 2.53 bits per heavy atom. The standard InChI is InChI=1S/C23H25F2N3O5S/c1-4-5-10-32-20-9-7-6-8-16(20)23-27-19(13-33-23)22(29)26-14(2)15-11-17(24)21(18(25)12-15)28-34(3,30)31/h6-9,11-14,28H,4-5,10H2,1-3H3,(H,26,29)/t14-/m1/s1. The van der Waals surface area contributed by atoms with Crippen LogP contribution in [0.2, 0.25) is 0 Å². The molecule has 34 heavy (non-hydrogen) atoms. The first kappa shape index (κ1) is 25.2. The fraction of sp³-hybridized carbons (Fsp3) is 0.304. The summed E-state index contributed by atoms with van der Waals surface area (Å²) in [6.07, 6.45) is 3.83. The Morgan fingerprint density at radius 2 is 1.88 bits per heavy atom. The van der Waals surface area contributed by atoms with Crippen molar-refractivity contribution < 1.29 is 31.1 Å². The minimum Gasteiger partial charge on any atom is -0.493 e. The number of ether oxygens (including phenoxy) is 1. The fourth-order valence-corrected chi connectivity index (χ4v) is 3.64. The second-order valence-electron chi connectivity index (χ2n) is 7.67. The minimum atomic E-state index is -3.87. The van der Waals surface area contributed by atoms with Gasteiger partial charge in [-0.3, -0.25) is 9.52 Å². The lowest BCUT2D eigenvalue weighted by molar-refractivity contribution is 0.0934. The molecule has 1 aromatic heterocycles. The van der Waals surface area contributed by atoms with E-state index in [1.54, 1.807) is 22.9 Å². The number of carbonyl (C=O) groups is 1. The highest BCUT2D eigenvalue weighted by Gasteiger charge is 2.21. The van der Waals surface area contributed by atoms with Crippen LogP contribution in [0.3, 0.4) is 0 Å². The molecule has 0 aliphatic rings. The van der Waals surface area contributed by atoms with E-state index in [4.69, 9.17) is 9.15 Å². The van der Waals surface area contributed by atoms with E-state index in [1.807, 2.05) is 6.07 Å². The summed E-state index contributed by atoms with van der Waals surface area (Å²) >= 11 is 0. The zero-order chi connectivity index (χ0) is 24.9. The lowest BCUT2D eigenvalue weighted by atomic mass is 10.1. The molecular formula is C23H25F2N3O5S. The number of oxazole rings is 1. The van der Waals surface area contributed by atoms with Crippen molar-refractivity contribution in [2.75, 3.05) is 17.6 Å². The molecule has 0 fully saturated rings. The summed E-state index contributed by atoms with van der Waals surface area (Å²) in [5.74, 6) is -2.06. The molecule has 8 nitrogen and oxygen atoms in total. The number of sulfonamides is 1. The van der Waals surface area contributed by atoms with Crippen molar-refractivity contribution in [3.63, 3.8) is 0 Å². The second-order valence-corrected chi connectivity index (χ2v) is 9.41. The first-order chi connectivity index (χ1) is 16.1. The largest absolute Gasteiger partial charge is 0.493 e. The number of aromatic nitrogens is 1. The van der Waals surface area contributed by atoms with Crippen LogP contribution in [0.15, 0.2) is 47.1 Å². The lowest BCUT2D eigenvalue weighted by Gasteiger charge is -2.15. The van der Waals surface area contributed by atoms with Crippen molar-refractivity contribution in [1.82, 2.24) is 10.3 Å². The Bertz CT molecular complexity index is 1250. The zero-order valence-electron chi connectivity index (χ0n) is 18.9. The van der Waals surface area contributed by atoms with Crippen LogP contribution in [0.4, 0.5) is 14.5 Å². The van der Waals surface area contributed by atoms with E-state index < -0.39 is 39.3 Å². The average Bonchev–Trinajstić information content (AvgIpc) is 3.26. The molecule has 0 saturated heterocycles. The third-order valence-electron chi connectivity index (χ3n) is 4.81. The van der Waals surface area contributed by atoms with E-state index in [0.717, 1.165) is 31.2 Å². The van der Waals surface area contributed by atoms with E-state index in [2.05, 4.69) is 17.2 Å². The number of hydrogen-bond donors (Lipinski definition) is 2. The van der Waals surface area contributed by atoms with Crippen LogP contribution in [0.5, 0.6) is 5.75 Å². The molecule has 1 heterocycles. The van der Waals surface area contributed by atoms with Gasteiger partial charge in [-0.25, -0.2) is 22.2 Å². The molecule has 3 aromatic rings. The number of anilines is 1.